The number of carbonyl (C=O) groups excluding carboxylic acids is 2. The van der Waals surface area contributed by atoms with Gasteiger partial charge in [0.25, 0.3) is 0 Å². The second-order valence-corrected chi connectivity index (χ2v) is 7.62. The predicted octanol–water partition coefficient (Wildman–Crippen LogP) is 1.90. The number of benzene rings is 1. The van der Waals surface area contributed by atoms with Crippen molar-refractivity contribution in [2.75, 3.05) is 51.8 Å². The summed E-state index contributed by atoms with van der Waals surface area (Å²) < 4.78 is 10.7. The highest BCUT2D eigenvalue weighted by atomic mass is 16.5. The number of nitrogens with zero attached hydrogens (tertiary/aromatic N) is 2. The number of rotatable bonds is 5. The van der Waals surface area contributed by atoms with Crippen molar-refractivity contribution in [3.8, 4) is 5.75 Å². The molecule has 0 aliphatic carbocycles. The third-order valence-electron chi connectivity index (χ3n) is 5.74. The number of piperidine rings is 1. The van der Waals surface area contributed by atoms with E-state index in [9.17, 15) is 9.59 Å². The molecule has 2 heterocycles. The van der Waals surface area contributed by atoms with Crippen LogP contribution >= 0.6 is 0 Å². The Morgan fingerprint density at radius 3 is 2.50 bits per heavy atom. The molecule has 2 fully saturated rings. The Bertz CT molecular complexity index is 695. The van der Waals surface area contributed by atoms with Crippen LogP contribution in [-0.2, 0) is 14.3 Å². The van der Waals surface area contributed by atoms with Crippen LogP contribution in [-0.4, -0.2) is 74.2 Å². The Morgan fingerprint density at radius 2 is 1.86 bits per heavy atom. The number of methoxy groups -OCH3 is 1. The zero-order valence-corrected chi connectivity index (χ0v) is 17.1. The summed E-state index contributed by atoms with van der Waals surface area (Å²) in [6, 6.07) is 5.47. The van der Waals surface area contributed by atoms with Crippen LogP contribution in [0, 0.1) is 12.8 Å². The number of anilines is 1. The van der Waals surface area contributed by atoms with E-state index in [1.165, 1.54) is 0 Å². The van der Waals surface area contributed by atoms with Crippen LogP contribution in [0.2, 0.25) is 0 Å². The minimum absolute atomic E-state index is 0.0538. The van der Waals surface area contributed by atoms with Crippen molar-refractivity contribution in [1.82, 2.24) is 9.80 Å². The predicted molar refractivity (Wildman–Crippen MR) is 108 cm³/mol. The molecule has 1 aromatic rings. The maximum Gasteiger partial charge on any atom is 0.241 e. The summed E-state index contributed by atoms with van der Waals surface area (Å²) in [7, 11) is 1.60. The van der Waals surface area contributed by atoms with Gasteiger partial charge in [-0.3, -0.25) is 14.5 Å². The molecule has 28 heavy (non-hydrogen) atoms. The van der Waals surface area contributed by atoms with Crippen molar-refractivity contribution in [3.05, 3.63) is 23.8 Å². The average molecular weight is 389 g/mol. The smallest absolute Gasteiger partial charge is 0.241 e. The van der Waals surface area contributed by atoms with Gasteiger partial charge in [0.15, 0.2) is 0 Å². The Labute approximate surface area is 167 Å². The molecule has 7 nitrogen and oxygen atoms in total. The molecule has 0 radical (unpaired) electrons. The van der Waals surface area contributed by atoms with Crippen LogP contribution in [0.25, 0.3) is 0 Å². The van der Waals surface area contributed by atoms with Gasteiger partial charge in [0, 0.05) is 19.0 Å². The summed E-state index contributed by atoms with van der Waals surface area (Å²) in [5.41, 5.74) is 1.75. The molecule has 1 N–H and O–H groups in total. The standard InChI is InChI=1S/C21H31N3O4/c1-15-4-5-19(27-3)18(14-15)22-20(25)16(2)23-8-6-17(7-9-23)21(26)24-10-12-28-13-11-24/h4-5,14,16-17H,6-13H2,1-3H3,(H,22,25)/t16-/m0/s1. The summed E-state index contributed by atoms with van der Waals surface area (Å²) in [5.74, 6) is 0.897. The Kier molecular flexibility index (Phi) is 6.91. The van der Waals surface area contributed by atoms with E-state index >= 15 is 0 Å². The van der Waals surface area contributed by atoms with E-state index < -0.39 is 0 Å². The fraction of sp³-hybridized carbons (Fsp3) is 0.619. The van der Waals surface area contributed by atoms with E-state index in [0.717, 1.165) is 31.5 Å². The highest BCUT2D eigenvalue weighted by Crippen LogP contribution is 2.26. The van der Waals surface area contributed by atoms with Gasteiger partial charge in [0.2, 0.25) is 11.8 Å². The molecule has 2 aliphatic rings. The normalized spacial score (nSPS) is 19.9. The molecule has 7 heteroatoms. The van der Waals surface area contributed by atoms with Gasteiger partial charge in [0.1, 0.15) is 5.75 Å². The van der Waals surface area contributed by atoms with Crippen molar-refractivity contribution in [3.63, 3.8) is 0 Å². The Morgan fingerprint density at radius 1 is 1.18 bits per heavy atom. The maximum atomic E-state index is 12.8. The first kappa shape index (κ1) is 20.6. The number of hydrogen-bond donors (Lipinski definition) is 1. The minimum atomic E-state index is -0.260. The van der Waals surface area contributed by atoms with Gasteiger partial charge in [0.05, 0.1) is 32.1 Å². The molecule has 0 spiro atoms. The van der Waals surface area contributed by atoms with E-state index in [1.54, 1.807) is 7.11 Å². The molecular formula is C21H31N3O4. The highest BCUT2D eigenvalue weighted by molar-refractivity contribution is 5.96. The summed E-state index contributed by atoms with van der Waals surface area (Å²) in [4.78, 5) is 29.5. The van der Waals surface area contributed by atoms with Crippen LogP contribution in [0.5, 0.6) is 5.75 Å². The molecular weight excluding hydrogens is 358 g/mol. The lowest BCUT2D eigenvalue weighted by molar-refractivity contribution is -0.141. The third-order valence-corrected chi connectivity index (χ3v) is 5.74. The molecule has 2 aliphatic heterocycles. The first-order valence-corrected chi connectivity index (χ1v) is 10.1. The number of aryl methyl sites for hydroxylation is 1. The van der Waals surface area contributed by atoms with Gasteiger partial charge in [-0.05, 0) is 57.5 Å². The van der Waals surface area contributed by atoms with Gasteiger partial charge in [-0.25, -0.2) is 0 Å². The number of ether oxygens (including phenoxy) is 2. The van der Waals surface area contributed by atoms with Gasteiger partial charge in [-0.2, -0.15) is 0 Å². The zero-order valence-electron chi connectivity index (χ0n) is 17.1. The fourth-order valence-electron chi connectivity index (χ4n) is 3.90. The molecule has 0 unspecified atom stereocenters. The monoisotopic (exact) mass is 389 g/mol. The molecule has 3 rings (SSSR count). The van der Waals surface area contributed by atoms with Gasteiger partial charge < -0.3 is 19.7 Å². The number of carbonyl (C=O) groups is 2. The average Bonchev–Trinajstić information content (AvgIpc) is 2.73. The van der Waals surface area contributed by atoms with Crippen molar-refractivity contribution in [2.24, 2.45) is 5.92 Å². The van der Waals surface area contributed by atoms with Crippen molar-refractivity contribution < 1.29 is 19.1 Å². The summed E-state index contributed by atoms with van der Waals surface area (Å²) >= 11 is 0. The first-order chi connectivity index (χ1) is 13.5. The van der Waals surface area contributed by atoms with E-state index in [2.05, 4.69) is 10.2 Å². The van der Waals surface area contributed by atoms with Crippen LogP contribution in [0.15, 0.2) is 18.2 Å². The van der Waals surface area contributed by atoms with Crippen LogP contribution < -0.4 is 10.1 Å². The number of nitrogens with one attached hydrogen (secondary N) is 1. The summed E-state index contributed by atoms with van der Waals surface area (Å²) in [6.45, 7) is 8.04. The second kappa shape index (κ2) is 9.39. The highest BCUT2D eigenvalue weighted by Gasteiger charge is 2.32. The topological polar surface area (TPSA) is 71.1 Å². The van der Waals surface area contributed by atoms with Gasteiger partial charge in [-0.15, -0.1) is 0 Å². The number of morpholine rings is 1. The quantitative estimate of drug-likeness (QED) is 0.833. The van der Waals surface area contributed by atoms with Gasteiger partial charge >= 0.3 is 0 Å². The number of likely N-dealkylation sites (tertiary alicyclic amines) is 1. The lowest BCUT2D eigenvalue weighted by atomic mass is 9.94. The minimum Gasteiger partial charge on any atom is -0.495 e. The van der Waals surface area contributed by atoms with Crippen molar-refractivity contribution in [1.29, 1.82) is 0 Å². The molecule has 1 aromatic carbocycles. The molecule has 2 saturated heterocycles. The van der Waals surface area contributed by atoms with E-state index in [1.807, 2.05) is 36.9 Å². The SMILES string of the molecule is COc1ccc(C)cc1NC(=O)[C@H](C)N1CCC(C(=O)N2CCOCC2)CC1. The van der Waals surface area contributed by atoms with Crippen molar-refractivity contribution >= 4 is 17.5 Å². The first-order valence-electron chi connectivity index (χ1n) is 10.1. The Hall–Kier alpha value is -2.12. The molecule has 0 aromatic heterocycles. The van der Waals surface area contributed by atoms with Crippen molar-refractivity contribution in [2.45, 2.75) is 32.7 Å². The van der Waals surface area contributed by atoms with Gasteiger partial charge in [-0.1, -0.05) is 6.07 Å². The molecule has 1 atom stereocenters. The molecule has 2 amide bonds. The van der Waals surface area contributed by atoms with E-state index in [0.29, 0.717) is 37.7 Å². The summed E-state index contributed by atoms with van der Waals surface area (Å²) in [6.07, 6.45) is 1.59. The van der Waals surface area contributed by atoms with E-state index in [4.69, 9.17) is 9.47 Å². The van der Waals surface area contributed by atoms with Crippen LogP contribution in [0.4, 0.5) is 5.69 Å². The number of hydrogen-bond acceptors (Lipinski definition) is 5. The lowest BCUT2D eigenvalue weighted by Gasteiger charge is -2.37. The number of amides is 2. The summed E-state index contributed by atoms with van der Waals surface area (Å²) in [5, 5.41) is 2.99. The largest absolute Gasteiger partial charge is 0.495 e. The van der Waals surface area contributed by atoms with E-state index in [-0.39, 0.29) is 23.8 Å². The zero-order chi connectivity index (χ0) is 20.1. The lowest BCUT2D eigenvalue weighted by Crippen LogP contribution is -2.50. The Balaban J connectivity index is 1.53. The molecule has 0 bridgehead atoms. The second-order valence-electron chi connectivity index (χ2n) is 7.62. The fourth-order valence-corrected chi connectivity index (χ4v) is 3.90. The third kappa shape index (κ3) is 4.83. The van der Waals surface area contributed by atoms with Crippen LogP contribution in [0.3, 0.4) is 0 Å². The maximum absolute atomic E-state index is 12.8. The molecule has 0 saturated carbocycles. The molecule has 154 valence electrons. The van der Waals surface area contributed by atoms with Crippen LogP contribution in [0.1, 0.15) is 25.3 Å².